The highest BCUT2D eigenvalue weighted by molar-refractivity contribution is 5.94. The molecule has 2 amide bonds. The van der Waals surface area contributed by atoms with E-state index in [1.807, 2.05) is 54.6 Å². The summed E-state index contributed by atoms with van der Waals surface area (Å²) in [6.07, 6.45) is -0.0820. The van der Waals surface area contributed by atoms with Gasteiger partial charge < -0.3 is 15.4 Å². The molecular weight excluding hydrogens is 358 g/mol. The lowest BCUT2D eigenvalue weighted by molar-refractivity contribution is -0.146. The Morgan fingerprint density at radius 2 is 1.79 bits per heavy atom. The number of ether oxygens (including phenoxy) is 1. The maximum atomic E-state index is 12.4. The molecule has 0 aliphatic carbocycles. The monoisotopic (exact) mass is 381 g/mol. The molecule has 28 heavy (non-hydrogen) atoms. The summed E-state index contributed by atoms with van der Waals surface area (Å²) in [6, 6.07) is 16.8. The van der Waals surface area contributed by atoms with Crippen LogP contribution in [0.25, 0.3) is 11.1 Å². The Labute approximate surface area is 163 Å². The van der Waals surface area contributed by atoms with E-state index in [1.165, 1.54) is 7.11 Å². The van der Waals surface area contributed by atoms with Crippen LogP contribution in [0.1, 0.15) is 6.42 Å². The van der Waals surface area contributed by atoms with Crippen molar-refractivity contribution in [2.45, 2.75) is 12.5 Å². The van der Waals surface area contributed by atoms with Crippen molar-refractivity contribution in [3.8, 4) is 11.1 Å². The molecule has 7 nitrogen and oxygen atoms in total. The van der Waals surface area contributed by atoms with Crippen LogP contribution in [-0.4, -0.2) is 55.5 Å². The minimum Gasteiger partial charge on any atom is -0.469 e. The van der Waals surface area contributed by atoms with Gasteiger partial charge in [0, 0.05) is 18.8 Å². The van der Waals surface area contributed by atoms with Gasteiger partial charge in [-0.2, -0.15) is 0 Å². The number of nitrogens with zero attached hydrogens (tertiary/aromatic N) is 1. The van der Waals surface area contributed by atoms with Crippen molar-refractivity contribution >= 4 is 23.5 Å². The predicted octanol–water partition coefficient (Wildman–Crippen LogP) is 1.66. The molecule has 1 heterocycles. The first-order valence-corrected chi connectivity index (χ1v) is 9.11. The average Bonchev–Trinajstić information content (AvgIpc) is 2.71. The number of rotatable bonds is 6. The molecule has 7 heteroatoms. The molecule has 3 rings (SSSR count). The molecule has 146 valence electrons. The molecule has 0 bridgehead atoms. The molecule has 1 saturated heterocycles. The molecular formula is C21H23N3O4. The van der Waals surface area contributed by atoms with Crippen LogP contribution in [0.5, 0.6) is 0 Å². The Hall–Kier alpha value is -3.19. The topological polar surface area (TPSA) is 87.7 Å². The van der Waals surface area contributed by atoms with Crippen LogP contribution in [0.2, 0.25) is 0 Å². The lowest BCUT2D eigenvalue weighted by Gasteiger charge is -2.33. The van der Waals surface area contributed by atoms with Gasteiger partial charge in [0.05, 0.1) is 20.1 Å². The second-order valence-electron chi connectivity index (χ2n) is 6.55. The van der Waals surface area contributed by atoms with Crippen LogP contribution in [0.3, 0.4) is 0 Å². The molecule has 0 radical (unpaired) electrons. The third kappa shape index (κ3) is 4.95. The molecule has 0 unspecified atom stereocenters. The first kappa shape index (κ1) is 19.6. The smallest absolute Gasteiger partial charge is 0.307 e. The second-order valence-corrected chi connectivity index (χ2v) is 6.55. The summed E-state index contributed by atoms with van der Waals surface area (Å²) in [6.45, 7) is 0.957. The van der Waals surface area contributed by atoms with Gasteiger partial charge in [-0.15, -0.1) is 0 Å². The SMILES string of the molecule is COC(=O)C[C@@H]1C(=O)NCCN1CC(=O)Nc1ccc(-c2ccccc2)cc1. The van der Waals surface area contributed by atoms with E-state index in [0.717, 1.165) is 11.1 Å². The van der Waals surface area contributed by atoms with Crippen molar-refractivity contribution in [1.82, 2.24) is 10.2 Å². The quantitative estimate of drug-likeness (QED) is 0.743. The number of amides is 2. The maximum Gasteiger partial charge on any atom is 0.307 e. The number of anilines is 1. The fourth-order valence-electron chi connectivity index (χ4n) is 3.18. The number of nitrogens with one attached hydrogen (secondary N) is 2. The van der Waals surface area contributed by atoms with E-state index in [0.29, 0.717) is 18.8 Å². The molecule has 0 aromatic heterocycles. The molecule has 1 aliphatic rings. The van der Waals surface area contributed by atoms with Gasteiger partial charge in [0.1, 0.15) is 6.04 Å². The number of piperazine rings is 1. The highest BCUT2D eigenvalue weighted by Crippen LogP contribution is 2.21. The standard InChI is InChI=1S/C21H23N3O4/c1-28-20(26)13-18-21(27)22-11-12-24(18)14-19(25)23-17-9-7-16(8-10-17)15-5-3-2-4-6-15/h2-10,18H,11-14H2,1H3,(H,22,27)(H,23,25)/t18-/m1/s1. The van der Waals surface area contributed by atoms with Gasteiger partial charge >= 0.3 is 5.97 Å². The van der Waals surface area contributed by atoms with E-state index >= 15 is 0 Å². The Kier molecular flexibility index (Phi) is 6.39. The maximum absolute atomic E-state index is 12.4. The van der Waals surface area contributed by atoms with Crippen molar-refractivity contribution in [2.24, 2.45) is 0 Å². The summed E-state index contributed by atoms with van der Waals surface area (Å²) < 4.78 is 4.65. The van der Waals surface area contributed by atoms with Gasteiger partial charge in [-0.1, -0.05) is 42.5 Å². The zero-order valence-corrected chi connectivity index (χ0v) is 15.7. The van der Waals surface area contributed by atoms with E-state index in [1.54, 1.807) is 4.90 Å². The van der Waals surface area contributed by atoms with Crippen molar-refractivity contribution in [2.75, 3.05) is 32.1 Å². The summed E-state index contributed by atoms with van der Waals surface area (Å²) in [7, 11) is 1.28. The van der Waals surface area contributed by atoms with Gasteiger partial charge in [-0.25, -0.2) is 0 Å². The zero-order valence-electron chi connectivity index (χ0n) is 15.7. The normalized spacial score (nSPS) is 16.9. The van der Waals surface area contributed by atoms with Crippen LogP contribution >= 0.6 is 0 Å². The lowest BCUT2D eigenvalue weighted by Crippen LogP contribution is -2.57. The number of carbonyl (C=O) groups excluding carboxylic acids is 3. The zero-order chi connectivity index (χ0) is 19.9. The number of carbonyl (C=O) groups is 3. The van der Waals surface area contributed by atoms with E-state index in [2.05, 4.69) is 15.4 Å². The fourth-order valence-corrected chi connectivity index (χ4v) is 3.18. The average molecular weight is 381 g/mol. The number of hydrogen-bond donors (Lipinski definition) is 2. The van der Waals surface area contributed by atoms with Gasteiger partial charge in [0.25, 0.3) is 0 Å². The van der Waals surface area contributed by atoms with E-state index < -0.39 is 12.0 Å². The number of methoxy groups -OCH3 is 1. The summed E-state index contributed by atoms with van der Waals surface area (Å²) in [5.74, 6) is -0.988. The third-order valence-corrected chi connectivity index (χ3v) is 4.65. The number of benzene rings is 2. The molecule has 1 fully saturated rings. The van der Waals surface area contributed by atoms with Crippen LogP contribution in [0.15, 0.2) is 54.6 Å². The molecule has 2 N–H and O–H groups in total. The second kappa shape index (κ2) is 9.14. The number of esters is 1. The minimum absolute atomic E-state index is 0.0233. The van der Waals surface area contributed by atoms with Crippen molar-refractivity contribution in [3.05, 3.63) is 54.6 Å². The molecule has 0 saturated carbocycles. The summed E-state index contributed by atoms with van der Waals surface area (Å²) in [5.41, 5.74) is 2.84. The van der Waals surface area contributed by atoms with Gasteiger partial charge in [0.15, 0.2) is 0 Å². The van der Waals surface area contributed by atoms with Crippen molar-refractivity contribution in [1.29, 1.82) is 0 Å². The molecule has 1 aliphatic heterocycles. The minimum atomic E-state index is -0.701. The fraction of sp³-hybridized carbons (Fsp3) is 0.286. The Balaban J connectivity index is 1.61. The lowest BCUT2D eigenvalue weighted by atomic mass is 10.1. The number of hydrogen-bond acceptors (Lipinski definition) is 5. The van der Waals surface area contributed by atoms with Gasteiger partial charge in [0.2, 0.25) is 11.8 Å². The van der Waals surface area contributed by atoms with Crippen molar-refractivity contribution < 1.29 is 19.1 Å². The van der Waals surface area contributed by atoms with E-state index in [9.17, 15) is 14.4 Å². The molecule has 0 spiro atoms. The first-order chi connectivity index (χ1) is 13.6. The Morgan fingerprint density at radius 1 is 1.11 bits per heavy atom. The van der Waals surface area contributed by atoms with Crippen LogP contribution in [0.4, 0.5) is 5.69 Å². The molecule has 1 atom stereocenters. The van der Waals surface area contributed by atoms with Gasteiger partial charge in [-0.3, -0.25) is 19.3 Å². The largest absolute Gasteiger partial charge is 0.469 e. The van der Waals surface area contributed by atoms with Gasteiger partial charge in [-0.05, 0) is 23.3 Å². The van der Waals surface area contributed by atoms with Crippen LogP contribution < -0.4 is 10.6 Å². The summed E-state index contributed by atoms with van der Waals surface area (Å²) in [5, 5.41) is 5.56. The first-order valence-electron chi connectivity index (χ1n) is 9.11. The summed E-state index contributed by atoms with van der Waals surface area (Å²) >= 11 is 0. The van der Waals surface area contributed by atoms with Crippen molar-refractivity contribution in [3.63, 3.8) is 0 Å². The highest BCUT2D eigenvalue weighted by Gasteiger charge is 2.33. The third-order valence-electron chi connectivity index (χ3n) is 4.65. The molecule has 2 aromatic carbocycles. The predicted molar refractivity (Wildman–Crippen MR) is 106 cm³/mol. The Bertz CT molecular complexity index is 836. The van der Waals surface area contributed by atoms with Crippen LogP contribution in [-0.2, 0) is 19.1 Å². The Morgan fingerprint density at radius 3 is 2.46 bits per heavy atom. The van der Waals surface area contributed by atoms with E-state index in [-0.39, 0.29) is 24.8 Å². The highest BCUT2D eigenvalue weighted by atomic mass is 16.5. The summed E-state index contributed by atoms with van der Waals surface area (Å²) in [4.78, 5) is 37.8. The van der Waals surface area contributed by atoms with Crippen LogP contribution in [0, 0.1) is 0 Å². The van der Waals surface area contributed by atoms with E-state index in [4.69, 9.17) is 0 Å². The molecule has 2 aromatic rings.